The van der Waals surface area contributed by atoms with Gasteiger partial charge in [0.15, 0.2) is 4.67 Å². The number of aliphatic hydroxyl groups is 1. The number of aliphatic hydroxyl groups excluding tert-OH is 1. The standard InChI is InChI=1S/C12H10BrClO3/c1-16-10-3-2-7(14)6-9(10)11(15)8-4-5-17-12(8)13/h2-6,11,15H,1H3. The number of halogens is 2. The van der Waals surface area contributed by atoms with Crippen molar-refractivity contribution in [2.75, 3.05) is 7.11 Å². The summed E-state index contributed by atoms with van der Waals surface area (Å²) in [6.45, 7) is 0. The Labute approximate surface area is 112 Å². The molecule has 0 spiro atoms. The number of hydrogen-bond donors (Lipinski definition) is 1. The highest BCUT2D eigenvalue weighted by molar-refractivity contribution is 9.10. The number of benzene rings is 1. The lowest BCUT2D eigenvalue weighted by molar-refractivity contribution is 0.212. The van der Waals surface area contributed by atoms with Crippen molar-refractivity contribution in [1.82, 2.24) is 0 Å². The van der Waals surface area contributed by atoms with E-state index in [2.05, 4.69) is 15.9 Å². The van der Waals surface area contributed by atoms with Crippen molar-refractivity contribution in [1.29, 1.82) is 0 Å². The van der Waals surface area contributed by atoms with Crippen LogP contribution < -0.4 is 4.74 Å². The minimum atomic E-state index is -0.850. The van der Waals surface area contributed by atoms with Crippen molar-refractivity contribution in [3.05, 3.63) is 51.3 Å². The van der Waals surface area contributed by atoms with Crippen molar-refractivity contribution >= 4 is 27.5 Å². The van der Waals surface area contributed by atoms with E-state index in [9.17, 15) is 5.11 Å². The smallest absolute Gasteiger partial charge is 0.175 e. The van der Waals surface area contributed by atoms with Crippen LogP contribution >= 0.6 is 27.5 Å². The van der Waals surface area contributed by atoms with Gasteiger partial charge in [0.2, 0.25) is 0 Å². The minimum Gasteiger partial charge on any atom is -0.496 e. The van der Waals surface area contributed by atoms with E-state index in [1.807, 2.05) is 0 Å². The third-order valence-electron chi connectivity index (χ3n) is 2.43. The van der Waals surface area contributed by atoms with Crippen LogP contribution in [0.5, 0.6) is 5.75 Å². The highest BCUT2D eigenvalue weighted by Gasteiger charge is 2.19. The van der Waals surface area contributed by atoms with Crippen LogP contribution in [0.3, 0.4) is 0 Å². The molecule has 0 fully saturated rings. The maximum Gasteiger partial charge on any atom is 0.175 e. The molecule has 0 radical (unpaired) electrons. The lowest BCUT2D eigenvalue weighted by Crippen LogP contribution is -2.02. The molecule has 1 unspecified atom stereocenters. The summed E-state index contributed by atoms with van der Waals surface area (Å²) in [7, 11) is 1.55. The van der Waals surface area contributed by atoms with Crippen molar-refractivity contribution in [2.45, 2.75) is 6.10 Å². The van der Waals surface area contributed by atoms with E-state index in [1.54, 1.807) is 31.4 Å². The van der Waals surface area contributed by atoms with E-state index in [0.717, 1.165) is 0 Å². The molecular weight excluding hydrogens is 307 g/mol. The van der Waals surface area contributed by atoms with Gasteiger partial charge >= 0.3 is 0 Å². The molecule has 17 heavy (non-hydrogen) atoms. The topological polar surface area (TPSA) is 42.6 Å². The quantitative estimate of drug-likeness (QED) is 0.936. The van der Waals surface area contributed by atoms with Gasteiger partial charge < -0.3 is 14.3 Å². The molecule has 1 aromatic carbocycles. The van der Waals surface area contributed by atoms with E-state index in [0.29, 0.717) is 26.6 Å². The molecule has 5 heteroatoms. The molecule has 1 heterocycles. The molecule has 0 aliphatic rings. The van der Waals surface area contributed by atoms with E-state index in [-0.39, 0.29) is 0 Å². The van der Waals surface area contributed by atoms with Crippen LogP contribution in [0.25, 0.3) is 0 Å². The number of methoxy groups -OCH3 is 1. The second-order valence-corrected chi connectivity index (χ2v) is 4.60. The van der Waals surface area contributed by atoms with Gasteiger partial charge in [-0.2, -0.15) is 0 Å². The summed E-state index contributed by atoms with van der Waals surface area (Å²) in [5.41, 5.74) is 1.23. The molecule has 0 bridgehead atoms. The van der Waals surface area contributed by atoms with Crippen molar-refractivity contribution in [2.24, 2.45) is 0 Å². The molecule has 0 amide bonds. The van der Waals surface area contributed by atoms with Gasteiger partial charge in [0.05, 0.1) is 13.4 Å². The summed E-state index contributed by atoms with van der Waals surface area (Å²) in [5, 5.41) is 10.8. The lowest BCUT2D eigenvalue weighted by Gasteiger charge is -2.14. The molecule has 1 aromatic heterocycles. The van der Waals surface area contributed by atoms with Gasteiger partial charge in [0, 0.05) is 16.1 Å². The number of rotatable bonds is 3. The Kier molecular flexibility index (Phi) is 3.76. The maximum atomic E-state index is 10.3. The minimum absolute atomic E-state index is 0.493. The molecule has 0 saturated carbocycles. The van der Waals surface area contributed by atoms with Crippen molar-refractivity contribution in [3.63, 3.8) is 0 Å². The van der Waals surface area contributed by atoms with E-state index >= 15 is 0 Å². The zero-order valence-corrected chi connectivity index (χ0v) is 11.3. The molecule has 2 aromatic rings. The van der Waals surface area contributed by atoms with Gasteiger partial charge in [-0.05, 0) is 40.2 Å². The number of furan rings is 1. The zero-order valence-electron chi connectivity index (χ0n) is 8.98. The largest absolute Gasteiger partial charge is 0.496 e. The third kappa shape index (κ3) is 2.49. The number of hydrogen-bond acceptors (Lipinski definition) is 3. The summed E-state index contributed by atoms with van der Waals surface area (Å²) >= 11 is 9.15. The van der Waals surface area contributed by atoms with E-state index in [4.69, 9.17) is 20.8 Å². The van der Waals surface area contributed by atoms with E-state index in [1.165, 1.54) is 6.26 Å². The molecule has 1 N–H and O–H groups in total. The maximum absolute atomic E-state index is 10.3. The fraction of sp³-hybridized carbons (Fsp3) is 0.167. The second-order valence-electron chi connectivity index (χ2n) is 3.44. The highest BCUT2D eigenvalue weighted by Crippen LogP contribution is 2.35. The summed E-state index contributed by atoms with van der Waals surface area (Å²) < 4.78 is 10.8. The molecule has 3 nitrogen and oxygen atoms in total. The van der Waals surface area contributed by atoms with Crippen LogP contribution in [0.1, 0.15) is 17.2 Å². The van der Waals surface area contributed by atoms with E-state index < -0.39 is 6.10 Å². The van der Waals surface area contributed by atoms with Crippen LogP contribution in [-0.4, -0.2) is 12.2 Å². The zero-order chi connectivity index (χ0) is 12.4. The van der Waals surface area contributed by atoms with Gasteiger partial charge in [-0.1, -0.05) is 11.6 Å². The average Bonchev–Trinajstić information content (AvgIpc) is 2.74. The first-order chi connectivity index (χ1) is 8.13. The van der Waals surface area contributed by atoms with Crippen LogP contribution in [-0.2, 0) is 0 Å². The summed E-state index contributed by atoms with van der Waals surface area (Å²) in [5.74, 6) is 0.579. The van der Waals surface area contributed by atoms with Gasteiger partial charge in [-0.25, -0.2) is 0 Å². The number of ether oxygens (including phenoxy) is 1. The fourth-order valence-electron chi connectivity index (χ4n) is 1.59. The summed E-state index contributed by atoms with van der Waals surface area (Å²) in [6.07, 6.45) is 0.649. The van der Waals surface area contributed by atoms with Gasteiger partial charge in [0.25, 0.3) is 0 Å². The first-order valence-corrected chi connectivity index (χ1v) is 6.05. The van der Waals surface area contributed by atoms with Crippen LogP contribution in [0.4, 0.5) is 0 Å². The first-order valence-electron chi connectivity index (χ1n) is 4.88. The Morgan fingerprint density at radius 2 is 2.12 bits per heavy atom. The predicted octanol–water partition coefficient (Wildman–Crippen LogP) is 3.79. The fourth-order valence-corrected chi connectivity index (χ4v) is 2.22. The summed E-state index contributed by atoms with van der Waals surface area (Å²) in [4.78, 5) is 0. The normalized spacial score (nSPS) is 12.5. The monoisotopic (exact) mass is 316 g/mol. The van der Waals surface area contributed by atoms with Crippen LogP contribution in [0, 0.1) is 0 Å². The summed E-state index contributed by atoms with van der Waals surface area (Å²) in [6, 6.07) is 6.79. The Hall–Kier alpha value is -0.970. The van der Waals surface area contributed by atoms with Crippen molar-refractivity contribution < 1.29 is 14.3 Å². The highest BCUT2D eigenvalue weighted by atomic mass is 79.9. The second kappa shape index (κ2) is 5.12. The molecule has 0 aliphatic carbocycles. The van der Waals surface area contributed by atoms with Crippen LogP contribution in [0.15, 0.2) is 39.6 Å². The first kappa shape index (κ1) is 12.5. The lowest BCUT2D eigenvalue weighted by atomic mass is 10.0. The van der Waals surface area contributed by atoms with Gasteiger partial charge in [-0.15, -0.1) is 0 Å². The molecule has 0 aliphatic heterocycles. The SMILES string of the molecule is COc1ccc(Cl)cc1C(O)c1ccoc1Br. The Morgan fingerprint density at radius 3 is 2.71 bits per heavy atom. The average molecular weight is 318 g/mol. The predicted molar refractivity (Wildman–Crippen MR) is 68.5 cm³/mol. The van der Waals surface area contributed by atoms with Gasteiger partial charge in [-0.3, -0.25) is 0 Å². The molecule has 1 atom stereocenters. The molecular formula is C12H10BrClO3. The van der Waals surface area contributed by atoms with Gasteiger partial charge in [0.1, 0.15) is 11.9 Å². The third-order valence-corrected chi connectivity index (χ3v) is 3.31. The molecule has 2 rings (SSSR count). The van der Waals surface area contributed by atoms with Crippen molar-refractivity contribution in [3.8, 4) is 5.75 Å². The Morgan fingerprint density at radius 1 is 1.35 bits per heavy atom. The molecule has 0 saturated heterocycles. The Balaban J connectivity index is 2.46. The Bertz CT molecular complexity index is 524. The molecule has 90 valence electrons. The van der Waals surface area contributed by atoms with Crippen LogP contribution in [0.2, 0.25) is 5.02 Å².